The number of benzene rings is 2. The highest BCUT2D eigenvalue weighted by Crippen LogP contribution is 2.20. The van der Waals surface area contributed by atoms with Crippen LogP contribution in [-0.4, -0.2) is 19.2 Å². The summed E-state index contributed by atoms with van der Waals surface area (Å²) in [6.07, 6.45) is 0. The van der Waals surface area contributed by atoms with Gasteiger partial charge in [0.05, 0.1) is 9.82 Å². The van der Waals surface area contributed by atoms with Crippen LogP contribution in [0.15, 0.2) is 53.4 Å². The summed E-state index contributed by atoms with van der Waals surface area (Å²) < 4.78 is 26.8. The van der Waals surface area contributed by atoms with Crippen molar-refractivity contribution in [3.8, 4) is 0 Å². The largest absolute Gasteiger partial charge is 0.326 e. The third-order valence-corrected chi connectivity index (χ3v) is 4.21. The van der Waals surface area contributed by atoms with E-state index in [0.29, 0.717) is 5.69 Å². The first-order chi connectivity index (χ1) is 10.8. The number of carbonyl (C=O) groups is 1. The molecule has 0 unspecified atom stereocenters. The fourth-order valence-electron chi connectivity index (χ4n) is 1.79. The summed E-state index contributed by atoms with van der Waals surface area (Å²) in [5.41, 5.74) is 0.556. The molecule has 0 spiro atoms. The van der Waals surface area contributed by atoms with Crippen molar-refractivity contribution >= 4 is 33.0 Å². The molecule has 2 rings (SSSR count). The topological polar surface area (TPSA) is 118 Å². The van der Waals surface area contributed by atoms with Crippen molar-refractivity contribution in [2.24, 2.45) is 0 Å². The SMILES string of the molecule is CC(=O)N[13c]1[13cH][13cH][13c](S(=O)(=O)Nc2ccc([N+](=O)[O-])cc2)[13cH][13cH]1. The zero-order valence-electron chi connectivity index (χ0n) is 12.0. The first-order valence-electron chi connectivity index (χ1n) is 6.43. The van der Waals surface area contributed by atoms with Gasteiger partial charge >= 0.3 is 0 Å². The van der Waals surface area contributed by atoms with Gasteiger partial charge in [0.15, 0.2) is 0 Å². The number of non-ortho nitro benzene ring substituents is 1. The van der Waals surface area contributed by atoms with Gasteiger partial charge in [-0.3, -0.25) is 19.6 Å². The van der Waals surface area contributed by atoms with E-state index >= 15 is 0 Å². The minimum absolute atomic E-state index is 0.00459. The van der Waals surface area contributed by atoms with E-state index in [1.54, 1.807) is 0 Å². The molecule has 120 valence electrons. The van der Waals surface area contributed by atoms with E-state index in [2.05, 4.69) is 10.0 Å². The molecule has 0 aliphatic carbocycles. The van der Waals surface area contributed by atoms with Crippen molar-refractivity contribution < 1.29 is 18.1 Å². The number of carbonyl (C=O) groups excluding carboxylic acids is 1. The van der Waals surface area contributed by atoms with Gasteiger partial charge < -0.3 is 5.32 Å². The Kier molecular flexibility index (Phi) is 4.60. The Morgan fingerprint density at radius 1 is 1.00 bits per heavy atom. The number of nitro groups is 1. The number of anilines is 2. The van der Waals surface area contributed by atoms with Crippen molar-refractivity contribution in [3.05, 3.63) is 58.6 Å². The maximum atomic E-state index is 12.2. The van der Waals surface area contributed by atoms with E-state index in [9.17, 15) is 23.3 Å². The number of nitrogens with one attached hydrogen (secondary N) is 2. The lowest BCUT2D eigenvalue weighted by Crippen LogP contribution is -2.13. The monoisotopic (exact) mass is 341 g/mol. The number of sulfonamides is 1. The summed E-state index contributed by atoms with van der Waals surface area (Å²) in [6, 6.07) is 10.6. The van der Waals surface area contributed by atoms with Crippen LogP contribution in [0.5, 0.6) is 0 Å². The van der Waals surface area contributed by atoms with Gasteiger partial charge in [0.1, 0.15) is 0 Å². The highest BCUT2D eigenvalue weighted by atomic mass is 32.2. The predicted molar refractivity (Wildman–Crippen MR) is 84.7 cm³/mol. The molecule has 8 nitrogen and oxygen atoms in total. The van der Waals surface area contributed by atoms with Gasteiger partial charge in [-0.1, -0.05) is 0 Å². The number of hydrogen-bond donors (Lipinski definition) is 2. The second kappa shape index (κ2) is 6.44. The molecule has 0 atom stereocenters. The standard InChI is InChI=1S/C14H13N3O5S/c1-10(18)15-11-4-8-14(9-5-11)23(21,22)16-12-2-6-13(7-3-12)17(19)20/h2-9,16H,1H3,(H,15,18)/i4+1,5+1,8+1,9+1,11+1,14+1. The summed E-state index contributed by atoms with van der Waals surface area (Å²) in [5, 5.41) is 13.1. The summed E-state index contributed by atoms with van der Waals surface area (Å²) >= 11 is 0. The number of rotatable bonds is 5. The lowest BCUT2D eigenvalue weighted by molar-refractivity contribution is -0.384. The van der Waals surface area contributed by atoms with E-state index < -0.39 is 14.9 Å². The molecule has 0 heterocycles. The molecule has 0 radical (unpaired) electrons. The van der Waals surface area contributed by atoms with Crippen LogP contribution in [0.25, 0.3) is 0 Å². The molecule has 2 N–H and O–H groups in total. The first-order valence-corrected chi connectivity index (χ1v) is 7.91. The quantitative estimate of drug-likeness (QED) is 0.639. The smallest absolute Gasteiger partial charge is 0.269 e. The first kappa shape index (κ1) is 16.4. The van der Waals surface area contributed by atoms with Gasteiger partial charge in [-0.15, -0.1) is 0 Å². The van der Waals surface area contributed by atoms with Crippen molar-refractivity contribution in [1.82, 2.24) is 0 Å². The Balaban J connectivity index is 2.17. The second-order valence-electron chi connectivity index (χ2n) is 4.62. The molecule has 9 heteroatoms. The molecule has 1 amide bonds. The molecule has 2 aromatic carbocycles. The normalized spacial score (nSPS) is 10.8. The van der Waals surface area contributed by atoms with Crippen LogP contribution in [0.3, 0.4) is 0 Å². The third kappa shape index (κ3) is 4.27. The summed E-state index contributed by atoms with van der Waals surface area (Å²) in [6.45, 7) is 1.35. The third-order valence-electron chi connectivity index (χ3n) is 2.82. The molecule has 0 saturated heterocycles. The van der Waals surface area contributed by atoms with Gasteiger partial charge in [-0.25, -0.2) is 8.42 Å². The molecular formula is C14H13N3O5S. The van der Waals surface area contributed by atoms with E-state index in [0.717, 1.165) is 0 Å². The van der Waals surface area contributed by atoms with E-state index in [4.69, 9.17) is 0 Å². The average molecular weight is 341 g/mol. The zero-order valence-corrected chi connectivity index (χ0v) is 12.8. The Morgan fingerprint density at radius 3 is 2.00 bits per heavy atom. The van der Waals surface area contributed by atoms with Gasteiger partial charge in [0.25, 0.3) is 15.7 Å². The molecule has 0 aromatic heterocycles. The van der Waals surface area contributed by atoms with Crippen LogP contribution < -0.4 is 10.0 Å². The van der Waals surface area contributed by atoms with Crippen LogP contribution >= 0.6 is 0 Å². The minimum Gasteiger partial charge on any atom is -0.326 e. The number of nitro benzene ring substituents is 1. The Labute approximate surface area is 132 Å². The lowest BCUT2D eigenvalue weighted by Gasteiger charge is -2.09. The number of nitrogens with zero attached hydrogens (tertiary/aromatic N) is 1. The number of hydrogen-bond acceptors (Lipinski definition) is 5. The molecule has 2 aromatic rings. The summed E-state index contributed by atoms with van der Waals surface area (Å²) in [4.78, 5) is 20.9. The van der Waals surface area contributed by atoms with Crippen LogP contribution in [0.1, 0.15) is 6.92 Å². The Morgan fingerprint density at radius 2 is 1.52 bits per heavy atom. The van der Waals surface area contributed by atoms with Crippen molar-refractivity contribution in [2.75, 3.05) is 10.0 Å². The Hall–Kier alpha value is -2.94. The fourth-order valence-corrected chi connectivity index (χ4v) is 2.84. The van der Waals surface area contributed by atoms with E-state index in [1.807, 2.05) is 0 Å². The zero-order chi connectivity index (χ0) is 17.0. The molecule has 0 fully saturated rings. The van der Waals surface area contributed by atoms with Crippen molar-refractivity contribution in [2.45, 2.75) is 11.8 Å². The van der Waals surface area contributed by atoms with Crippen LogP contribution in [0, 0.1) is 10.1 Å². The van der Waals surface area contributed by atoms with Gasteiger partial charge in [0.2, 0.25) is 5.91 Å². The van der Waals surface area contributed by atoms with Gasteiger partial charge in [-0.2, -0.15) is 0 Å². The lowest BCUT2D eigenvalue weighted by atomic mass is 10.3. The molecule has 0 bridgehead atoms. The minimum atomic E-state index is -3.82. The molecule has 0 saturated carbocycles. The predicted octanol–water partition coefficient (Wildman–Crippen LogP) is 2.35. The van der Waals surface area contributed by atoms with Gasteiger partial charge in [0, 0.05) is 30.4 Å². The molecule has 0 aliphatic rings. The molecule has 23 heavy (non-hydrogen) atoms. The van der Waals surface area contributed by atoms with Crippen molar-refractivity contribution in [3.63, 3.8) is 0 Å². The summed E-state index contributed by atoms with van der Waals surface area (Å²) in [7, 11) is -3.82. The van der Waals surface area contributed by atoms with Crippen LogP contribution in [-0.2, 0) is 14.8 Å². The summed E-state index contributed by atoms with van der Waals surface area (Å²) in [5.74, 6) is -0.260. The second-order valence-corrected chi connectivity index (χ2v) is 6.30. The van der Waals surface area contributed by atoms with E-state index in [-0.39, 0.29) is 22.2 Å². The fraction of sp³-hybridized carbons (Fsp3) is 0.0714. The van der Waals surface area contributed by atoms with E-state index in [1.165, 1.54) is 55.5 Å². The van der Waals surface area contributed by atoms with Gasteiger partial charge in [-0.05, 0) is 36.4 Å². The maximum Gasteiger partial charge on any atom is 0.269 e. The van der Waals surface area contributed by atoms with Crippen molar-refractivity contribution in [1.29, 1.82) is 0 Å². The average Bonchev–Trinajstić information content (AvgIpc) is 2.47. The highest BCUT2D eigenvalue weighted by molar-refractivity contribution is 7.92. The highest BCUT2D eigenvalue weighted by Gasteiger charge is 2.15. The van der Waals surface area contributed by atoms with Crippen LogP contribution in [0.2, 0.25) is 0 Å². The molecular weight excluding hydrogens is 328 g/mol. The van der Waals surface area contributed by atoms with Crippen LogP contribution in [0.4, 0.5) is 17.1 Å². The maximum absolute atomic E-state index is 12.2. The molecule has 0 aliphatic heterocycles. The number of amides is 1. The Bertz CT molecular complexity index is 830.